The zero-order valence-electron chi connectivity index (χ0n) is 13.4. The Morgan fingerprint density at radius 1 is 1.27 bits per heavy atom. The lowest BCUT2D eigenvalue weighted by molar-refractivity contribution is -0.141. The monoisotopic (exact) mass is 363 g/mol. The Balaban J connectivity index is 1.84. The van der Waals surface area contributed by atoms with E-state index >= 15 is 0 Å². The Morgan fingerprint density at radius 2 is 2.08 bits per heavy atom. The quantitative estimate of drug-likeness (QED) is 0.771. The van der Waals surface area contributed by atoms with Gasteiger partial charge in [-0.3, -0.25) is 9.36 Å². The van der Waals surface area contributed by atoms with Gasteiger partial charge in [-0.15, -0.1) is 0 Å². The summed E-state index contributed by atoms with van der Waals surface area (Å²) in [4.78, 5) is 23.8. The minimum atomic E-state index is -4.55. The van der Waals surface area contributed by atoms with Crippen LogP contribution in [-0.4, -0.2) is 32.5 Å². The highest BCUT2D eigenvalue weighted by Crippen LogP contribution is 2.28. The van der Waals surface area contributed by atoms with Gasteiger partial charge < -0.3 is 10.1 Å². The first-order valence-corrected chi connectivity index (χ1v) is 7.26. The first-order valence-electron chi connectivity index (χ1n) is 7.26. The van der Waals surface area contributed by atoms with E-state index in [0.29, 0.717) is 11.6 Å². The molecule has 0 bridgehead atoms. The second kappa shape index (κ2) is 6.82. The van der Waals surface area contributed by atoms with Crippen LogP contribution in [0.5, 0.6) is 5.75 Å². The number of imidazole rings is 1. The van der Waals surface area contributed by atoms with Crippen LogP contribution in [0.15, 0.2) is 49.2 Å². The van der Waals surface area contributed by atoms with Gasteiger partial charge in [0, 0.05) is 24.5 Å². The van der Waals surface area contributed by atoms with Crippen molar-refractivity contribution in [2.45, 2.75) is 6.18 Å². The summed E-state index contributed by atoms with van der Waals surface area (Å²) >= 11 is 0. The Labute approximate surface area is 145 Å². The molecule has 0 aliphatic carbocycles. The highest BCUT2D eigenvalue weighted by molar-refractivity contribution is 6.03. The van der Waals surface area contributed by atoms with E-state index in [4.69, 9.17) is 4.74 Å². The maximum Gasteiger partial charge on any atom is 0.433 e. The van der Waals surface area contributed by atoms with E-state index in [-0.39, 0.29) is 11.4 Å². The van der Waals surface area contributed by atoms with E-state index in [9.17, 15) is 18.0 Å². The summed E-state index contributed by atoms with van der Waals surface area (Å²) in [6.07, 6.45) is 1.08. The van der Waals surface area contributed by atoms with Crippen molar-refractivity contribution in [3.05, 3.63) is 60.6 Å². The molecule has 3 aromatic heterocycles. The summed E-state index contributed by atoms with van der Waals surface area (Å²) < 4.78 is 44.3. The smallest absolute Gasteiger partial charge is 0.433 e. The second-order valence-corrected chi connectivity index (χ2v) is 5.10. The molecule has 1 N–H and O–H groups in total. The van der Waals surface area contributed by atoms with Crippen molar-refractivity contribution in [2.24, 2.45) is 0 Å². The molecule has 134 valence electrons. The van der Waals surface area contributed by atoms with Gasteiger partial charge in [-0.05, 0) is 12.1 Å². The number of nitrogens with one attached hydrogen (secondary N) is 1. The van der Waals surface area contributed by atoms with Gasteiger partial charge in [0.05, 0.1) is 19.0 Å². The van der Waals surface area contributed by atoms with E-state index < -0.39 is 17.8 Å². The Morgan fingerprint density at radius 3 is 2.65 bits per heavy atom. The first-order chi connectivity index (χ1) is 12.4. The third kappa shape index (κ3) is 3.79. The number of alkyl halides is 3. The molecule has 26 heavy (non-hydrogen) atoms. The predicted octanol–water partition coefficient (Wildman–Crippen LogP) is 2.94. The van der Waals surface area contributed by atoms with Gasteiger partial charge in [-0.25, -0.2) is 15.0 Å². The summed E-state index contributed by atoms with van der Waals surface area (Å²) in [6.45, 7) is 0. The standard InChI is InChI=1S/C16H12F3N5O2/c1-26-11-6-12(23-14(7-11)24-5-4-20-9-24)15(25)22-10-2-3-13(21-8-10)16(17,18)19/h2-9H,1H3,(H,22,25). The molecule has 3 rings (SSSR count). The third-order valence-electron chi connectivity index (χ3n) is 3.33. The molecule has 0 radical (unpaired) electrons. The Bertz CT molecular complexity index is 909. The van der Waals surface area contributed by atoms with Crippen molar-refractivity contribution < 1.29 is 22.7 Å². The van der Waals surface area contributed by atoms with Crippen LogP contribution in [0.1, 0.15) is 16.2 Å². The fraction of sp³-hybridized carbons (Fsp3) is 0.125. The largest absolute Gasteiger partial charge is 0.497 e. The van der Waals surface area contributed by atoms with Gasteiger partial charge in [-0.2, -0.15) is 13.2 Å². The molecule has 0 aliphatic heterocycles. The summed E-state index contributed by atoms with van der Waals surface area (Å²) in [7, 11) is 1.44. The lowest BCUT2D eigenvalue weighted by Gasteiger charge is -2.10. The zero-order chi connectivity index (χ0) is 18.7. The summed E-state index contributed by atoms with van der Waals surface area (Å²) in [6, 6.07) is 4.92. The highest BCUT2D eigenvalue weighted by atomic mass is 19.4. The molecule has 0 unspecified atom stereocenters. The van der Waals surface area contributed by atoms with Gasteiger partial charge in [0.2, 0.25) is 0 Å². The van der Waals surface area contributed by atoms with Crippen molar-refractivity contribution in [1.29, 1.82) is 0 Å². The molecule has 0 saturated carbocycles. The number of ether oxygens (including phenoxy) is 1. The Kier molecular flexibility index (Phi) is 4.57. The predicted molar refractivity (Wildman–Crippen MR) is 85.1 cm³/mol. The number of carbonyl (C=O) groups excluding carboxylic acids is 1. The second-order valence-electron chi connectivity index (χ2n) is 5.10. The number of hydrogen-bond acceptors (Lipinski definition) is 5. The number of methoxy groups -OCH3 is 1. The minimum Gasteiger partial charge on any atom is -0.497 e. The van der Waals surface area contributed by atoms with Gasteiger partial charge in [0.15, 0.2) is 0 Å². The molecule has 0 atom stereocenters. The van der Waals surface area contributed by atoms with Crippen LogP contribution in [-0.2, 0) is 6.18 Å². The van der Waals surface area contributed by atoms with Crippen molar-refractivity contribution in [3.8, 4) is 11.6 Å². The number of carbonyl (C=O) groups is 1. The average Bonchev–Trinajstić information content (AvgIpc) is 3.15. The molecule has 7 nitrogen and oxygen atoms in total. The number of aromatic nitrogens is 4. The van der Waals surface area contributed by atoms with Crippen LogP contribution in [0.25, 0.3) is 5.82 Å². The number of hydrogen-bond donors (Lipinski definition) is 1. The molecule has 0 fully saturated rings. The summed E-state index contributed by atoms with van der Waals surface area (Å²) in [5.41, 5.74) is -0.915. The number of halogens is 3. The number of amides is 1. The molecule has 1 amide bonds. The molecule has 0 spiro atoms. The maximum absolute atomic E-state index is 12.5. The molecular weight excluding hydrogens is 351 g/mol. The van der Waals surface area contributed by atoms with Crippen molar-refractivity contribution in [1.82, 2.24) is 19.5 Å². The number of pyridine rings is 2. The molecule has 0 aliphatic rings. The molecule has 10 heteroatoms. The molecule has 3 heterocycles. The normalized spacial score (nSPS) is 11.2. The van der Waals surface area contributed by atoms with Crippen LogP contribution in [0.2, 0.25) is 0 Å². The van der Waals surface area contributed by atoms with Crippen LogP contribution in [0.4, 0.5) is 18.9 Å². The van der Waals surface area contributed by atoms with E-state index in [1.807, 2.05) is 0 Å². The first kappa shape index (κ1) is 17.4. The number of anilines is 1. The highest BCUT2D eigenvalue weighted by Gasteiger charge is 2.32. The lowest BCUT2D eigenvalue weighted by Crippen LogP contribution is -2.16. The molecule has 0 aromatic carbocycles. The summed E-state index contributed by atoms with van der Waals surface area (Å²) in [5, 5.41) is 2.45. The van der Waals surface area contributed by atoms with Crippen LogP contribution < -0.4 is 10.1 Å². The van der Waals surface area contributed by atoms with Crippen molar-refractivity contribution in [2.75, 3.05) is 12.4 Å². The van der Waals surface area contributed by atoms with Gasteiger partial charge >= 0.3 is 6.18 Å². The topological polar surface area (TPSA) is 81.9 Å². The molecular formula is C16H12F3N5O2. The lowest BCUT2D eigenvalue weighted by atomic mass is 10.3. The van der Waals surface area contributed by atoms with Crippen molar-refractivity contribution >= 4 is 11.6 Å². The fourth-order valence-corrected chi connectivity index (χ4v) is 2.08. The summed E-state index contributed by atoms with van der Waals surface area (Å²) in [5.74, 6) is 0.170. The van der Waals surface area contributed by atoms with Gasteiger partial charge in [0.25, 0.3) is 5.91 Å². The van der Waals surface area contributed by atoms with E-state index in [1.165, 1.54) is 19.5 Å². The fourth-order valence-electron chi connectivity index (χ4n) is 2.08. The SMILES string of the molecule is COc1cc(C(=O)Nc2ccc(C(F)(F)F)nc2)nc(-n2ccnc2)c1. The van der Waals surface area contributed by atoms with Crippen molar-refractivity contribution in [3.63, 3.8) is 0 Å². The Hall–Kier alpha value is -3.43. The molecule has 0 saturated heterocycles. The average molecular weight is 363 g/mol. The van der Waals surface area contributed by atoms with E-state index in [1.54, 1.807) is 23.0 Å². The molecule has 3 aromatic rings. The van der Waals surface area contributed by atoms with E-state index in [2.05, 4.69) is 20.3 Å². The van der Waals surface area contributed by atoms with E-state index in [0.717, 1.165) is 18.3 Å². The zero-order valence-corrected chi connectivity index (χ0v) is 13.4. The maximum atomic E-state index is 12.5. The number of nitrogens with zero attached hydrogens (tertiary/aromatic N) is 4. The minimum absolute atomic E-state index is 0.0212. The van der Waals surface area contributed by atoms with Crippen LogP contribution in [0, 0.1) is 0 Å². The van der Waals surface area contributed by atoms with Gasteiger partial charge in [-0.1, -0.05) is 0 Å². The van der Waals surface area contributed by atoms with Crippen LogP contribution >= 0.6 is 0 Å². The third-order valence-corrected chi connectivity index (χ3v) is 3.33. The van der Waals surface area contributed by atoms with Crippen LogP contribution in [0.3, 0.4) is 0 Å². The van der Waals surface area contributed by atoms with Gasteiger partial charge in [0.1, 0.15) is 29.3 Å². The number of rotatable bonds is 4.